The first kappa shape index (κ1) is 21.4. The molecule has 1 atom stereocenters. The first-order chi connectivity index (χ1) is 12.6. The molecule has 27 heavy (non-hydrogen) atoms. The highest BCUT2D eigenvalue weighted by atomic mass is 32.2. The average Bonchev–Trinajstić information content (AvgIpc) is 3.04. The summed E-state index contributed by atoms with van der Waals surface area (Å²) in [5.74, 6) is -1.91. The van der Waals surface area contributed by atoms with E-state index in [0.717, 1.165) is 10.4 Å². The van der Waals surface area contributed by atoms with Crippen molar-refractivity contribution in [3.05, 3.63) is 16.0 Å². The Morgan fingerprint density at radius 3 is 2.52 bits per heavy atom. The molecule has 0 spiro atoms. The second-order valence-corrected chi connectivity index (χ2v) is 9.84. The van der Waals surface area contributed by atoms with E-state index in [1.165, 1.54) is 11.3 Å². The molecule has 0 aromatic carbocycles. The molecule has 1 aliphatic heterocycles. The van der Waals surface area contributed by atoms with Crippen LogP contribution >= 0.6 is 11.3 Å². The normalized spacial score (nSPS) is 18.1. The molecule has 1 saturated heterocycles. The van der Waals surface area contributed by atoms with Gasteiger partial charge in [0.25, 0.3) is 5.91 Å². The summed E-state index contributed by atoms with van der Waals surface area (Å²) < 4.78 is 32.8. The second-order valence-electron chi connectivity index (χ2n) is 6.39. The van der Waals surface area contributed by atoms with Crippen molar-refractivity contribution in [2.45, 2.75) is 33.6 Å². The smallest absolute Gasteiger partial charge is 0.341 e. The number of esters is 2. The van der Waals surface area contributed by atoms with Crippen LogP contribution in [0.4, 0.5) is 5.00 Å². The molecule has 0 saturated carbocycles. The minimum Gasteiger partial charge on any atom is -0.462 e. The van der Waals surface area contributed by atoms with E-state index < -0.39 is 34.3 Å². The first-order valence-electron chi connectivity index (χ1n) is 8.56. The third kappa shape index (κ3) is 5.77. The highest BCUT2D eigenvalue weighted by Crippen LogP contribution is 2.33. The standard InChI is InChI=1S/C17H23NO7S2/c1-4-24-17(21)15-10(2)11(3)26-16(15)18-13(19)8-25-14(20)7-12-5-6-27(22,23)9-12/h12H,4-9H2,1-3H3,(H,18,19). The molecular formula is C17H23NO7S2. The van der Waals surface area contributed by atoms with Crippen LogP contribution in [0, 0.1) is 19.8 Å². The van der Waals surface area contributed by atoms with Crippen LogP contribution < -0.4 is 5.32 Å². The molecule has 150 valence electrons. The fourth-order valence-electron chi connectivity index (χ4n) is 2.80. The molecule has 0 aliphatic carbocycles. The third-order valence-corrected chi connectivity index (χ3v) is 7.22. The summed E-state index contributed by atoms with van der Waals surface area (Å²) >= 11 is 1.24. The number of sulfone groups is 1. The van der Waals surface area contributed by atoms with Crippen molar-refractivity contribution in [3.8, 4) is 0 Å². The van der Waals surface area contributed by atoms with Crippen LogP contribution in [0.5, 0.6) is 0 Å². The molecule has 1 aromatic rings. The molecule has 1 N–H and O–H groups in total. The lowest BCUT2D eigenvalue weighted by molar-refractivity contribution is -0.148. The van der Waals surface area contributed by atoms with Crippen molar-refractivity contribution >= 4 is 44.0 Å². The number of aryl methyl sites for hydroxylation is 1. The number of nitrogens with one attached hydrogen (secondary N) is 1. The Labute approximate surface area is 162 Å². The van der Waals surface area contributed by atoms with E-state index in [2.05, 4.69) is 5.32 Å². The number of hydrogen-bond donors (Lipinski definition) is 1. The van der Waals surface area contributed by atoms with E-state index in [1.54, 1.807) is 13.8 Å². The van der Waals surface area contributed by atoms with E-state index in [9.17, 15) is 22.8 Å². The molecule has 0 radical (unpaired) electrons. The van der Waals surface area contributed by atoms with Crippen LogP contribution in [-0.4, -0.2) is 51.0 Å². The SMILES string of the molecule is CCOC(=O)c1c(NC(=O)COC(=O)CC2CCS(=O)(=O)C2)sc(C)c1C. The van der Waals surface area contributed by atoms with Crippen molar-refractivity contribution in [2.24, 2.45) is 5.92 Å². The lowest BCUT2D eigenvalue weighted by atomic mass is 10.1. The van der Waals surface area contributed by atoms with Crippen molar-refractivity contribution in [2.75, 3.05) is 30.0 Å². The Kier molecular flexibility index (Phi) is 6.99. The summed E-state index contributed by atoms with van der Waals surface area (Å²) in [5.41, 5.74) is 1.03. The molecule has 1 fully saturated rings. The second kappa shape index (κ2) is 8.83. The number of hydrogen-bond acceptors (Lipinski definition) is 8. The summed E-state index contributed by atoms with van der Waals surface area (Å²) in [6.45, 7) is 5.00. The van der Waals surface area contributed by atoms with Crippen LogP contribution in [0.3, 0.4) is 0 Å². The summed E-state index contributed by atoms with van der Waals surface area (Å²) in [4.78, 5) is 36.9. The van der Waals surface area contributed by atoms with Gasteiger partial charge in [-0.15, -0.1) is 11.3 Å². The van der Waals surface area contributed by atoms with Gasteiger partial charge in [-0.1, -0.05) is 0 Å². The number of anilines is 1. The fraction of sp³-hybridized carbons (Fsp3) is 0.588. The molecule has 0 bridgehead atoms. The molecule has 2 rings (SSSR count). The largest absolute Gasteiger partial charge is 0.462 e. The maximum Gasteiger partial charge on any atom is 0.341 e. The van der Waals surface area contributed by atoms with Gasteiger partial charge in [-0.3, -0.25) is 9.59 Å². The van der Waals surface area contributed by atoms with Gasteiger partial charge in [-0.2, -0.15) is 0 Å². The van der Waals surface area contributed by atoms with Crippen LogP contribution in [0.2, 0.25) is 0 Å². The minimum atomic E-state index is -3.06. The number of carbonyl (C=O) groups excluding carboxylic acids is 3. The number of rotatable bonds is 7. The summed E-state index contributed by atoms with van der Waals surface area (Å²) in [5, 5.41) is 2.93. The summed E-state index contributed by atoms with van der Waals surface area (Å²) in [7, 11) is -3.06. The van der Waals surface area contributed by atoms with Crippen molar-refractivity contribution in [3.63, 3.8) is 0 Å². The van der Waals surface area contributed by atoms with Crippen molar-refractivity contribution in [1.82, 2.24) is 0 Å². The number of carbonyl (C=O) groups is 3. The number of ether oxygens (including phenoxy) is 2. The zero-order valence-corrected chi connectivity index (χ0v) is 17.1. The third-order valence-electron chi connectivity index (χ3n) is 4.26. The van der Waals surface area contributed by atoms with E-state index in [0.29, 0.717) is 17.0 Å². The lowest BCUT2D eigenvalue weighted by Gasteiger charge is -2.09. The zero-order chi connectivity index (χ0) is 20.2. The Morgan fingerprint density at radius 1 is 1.22 bits per heavy atom. The lowest BCUT2D eigenvalue weighted by Crippen LogP contribution is -2.23. The van der Waals surface area contributed by atoms with E-state index in [-0.39, 0.29) is 30.5 Å². The summed E-state index contributed by atoms with van der Waals surface area (Å²) in [6.07, 6.45) is 0.401. The molecule has 1 aromatic heterocycles. The van der Waals surface area contributed by atoms with Crippen molar-refractivity contribution in [1.29, 1.82) is 0 Å². The highest BCUT2D eigenvalue weighted by Gasteiger charge is 2.30. The van der Waals surface area contributed by atoms with Crippen LogP contribution in [0.25, 0.3) is 0 Å². The Hall–Kier alpha value is -1.94. The quantitative estimate of drug-likeness (QED) is 0.673. The van der Waals surface area contributed by atoms with Crippen molar-refractivity contribution < 1.29 is 32.3 Å². The Morgan fingerprint density at radius 2 is 1.93 bits per heavy atom. The summed E-state index contributed by atoms with van der Waals surface area (Å²) in [6, 6.07) is 0. The Bertz CT molecular complexity index is 842. The molecule has 1 amide bonds. The van der Waals surface area contributed by atoms with E-state index in [1.807, 2.05) is 6.92 Å². The van der Waals surface area contributed by atoms with Gasteiger partial charge in [0.1, 0.15) is 5.00 Å². The van der Waals surface area contributed by atoms with Gasteiger partial charge in [-0.05, 0) is 38.7 Å². The minimum absolute atomic E-state index is 0.0229. The monoisotopic (exact) mass is 417 g/mol. The van der Waals surface area contributed by atoms with Gasteiger partial charge in [0.05, 0.1) is 23.7 Å². The fourth-order valence-corrected chi connectivity index (χ4v) is 5.73. The average molecular weight is 418 g/mol. The predicted octanol–water partition coefficient (Wildman–Crippen LogP) is 1.85. The van der Waals surface area contributed by atoms with Crippen LogP contribution in [0.1, 0.15) is 40.6 Å². The number of amides is 1. The van der Waals surface area contributed by atoms with Crippen LogP contribution in [-0.2, 0) is 28.9 Å². The van der Waals surface area contributed by atoms with E-state index in [4.69, 9.17) is 9.47 Å². The highest BCUT2D eigenvalue weighted by molar-refractivity contribution is 7.91. The van der Waals surface area contributed by atoms with Gasteiger partial charge < -0.3 is 14.8 Å². The zero-order valence-electron chi connectivity index (χ0n) is 15.5. The van der Waals surface area contributed by atoms with E-state index >= 15 is 0 Å². The topological polar surface area (TPSA) is 116 Å². The van der Waals surface area contributed by atoms with Gasteiger partial charge in [-0.25, -0.2) is 13.2 Å². The van der Waals surface area contributed by atoms with Gasteiger partial charge >= 0.3 is 11.9 Å². The molecule has 1 unspecified atom stereocenters. The molecule has 10 heteroatoms. The predicted molar refractivity (Wildman–Crippen MR) is 101 cm³/mol. The maximum atomic E-state index is 12.1. The molecule has 2 heterocycles. The molecular weight excluding hydrogens is 394 g/mol. The van der Waals surface area contributed by atoms with Gasteiger partial charge in [0, 0.05) is 11.3 Å². The molecule has 1 aliphatic rings. The maximum absolute atomic E-state index is 12.1. The van der Waals surface area contributed by atoms with Gasteiger partial charge in [0.2, 0.25) is 0 Å². The van der Waals surface area contributed by atoms with Gasteiger partial charge in [0.15, 0.2) is 16.4 Å². The number of thiophene rings is 1. The van der Waals surface area contributed by atoms with Crippen LogP contribution in [0.15, 0.2) is 0 Å². The Balaban J connectivity index is 1.90. The first-order valence-corrected chi connectivity index (χ1v) is 11.2. The molecule has 8 nitrogen and oxygen atoms in total.